The summed E-state index contributed by atoms with van der Waals surface area (Å²) in [7, 11) is 0. The van der Waals surface area contributed by atoms with Gasteiger partial charge in [-0.2, -0.15) is 0 Å². The third-order valence-electron chi connectivity index (χ3n) is 3.91. The molecule has 2 aliphatic heterocycles. The highest BCUT2D eigenvalue weighted by Gasteiger charge is 2.30. The fraction of sp³-hybridized carbons (Fsp3) is 0.571. The number of rotatable bonds is 3. The number of likely N-dealkylation sites (tertiary alicyclic amines) is 1. The fourth-order valence-electron chi connectivity index (χ4n) is 2.99. The normalized spacial score (nSPS) is 27.2. The second-order valence-electron chi connectivity index (χ2n) is 5.17. The summed E-state index contributed by atoms with van der Waals surface area (Å²) in [4.78, 5) is 2.28. The lowest BCUT2D eigenvalue weighted by Crippen LogP contribution is -2.39. The van der Waals surface area contributed by atoms with Crippen LogP contribution in [-0.2, 0) is 6.42 Å². The highest BCUT2D eigenvalue weighted by molar-refractivity contribution is 5.37. The van der Waals surface area contributed by atoms with E-state index in [0.717, 1.165) is 43.7 Å². The molecule has 0 aliphatic carbocycles. The van der Waals surface area contributed by atoms with Crippen molar-refractivity contribution in [3.05, 3.63) is 29.6 Å². The number of aliphatic hydroxyl groups excluding tert-OH is 1. The van der Waals surface area contributed by atoms with Gasteiger partial charge in [-0.15, -0.1) is 0 Å². The van der Waals surface area contributed by atoms with Gasteiger partial charge in [-0.05, 0) is 37.6 Å². The molecule has 1 fully saturated rings. The standard InChI is InChI=1S/C14H18FNO2/c15-11-3-4-14-10(6-11)7-13(18-14)8-16-5-1-2-12(16)9-17/h3-4,6,12-13,17H,1-2,5,7-9H2/t12-,13?/m0/s1. The molecule has 18 heavy (non-hydrogen) atoms. The molecular weight excluding hydrogens is 233 g/mol. The third-order valence-corrected chi connectivity index (χ3v) is 3.91. The van der Waals surface area contributed by atoms with E-state index in [1.54, 1.807) is 12.1 Å². The van der Waals surface area contributed by atoms with Crippen LogP contribution >= 0.6 is 0 Å². The van der Waals surface area contributed by atoms with Crippen LogP contribution in [0.15, 0.2) is 18.2 Å². The van der Waals surface area contributed by atoms with E-state index in [1.807, 2.05) is 0 Å². The lowest BCUT2D eigenvalue weighted by molar-refractivity contribution is 0.109. The van der Waals surface area contributed by atoms with Gasteiger partial charge in [0.25, 0.3) is 0 Å². The lowest BCUT2D eigenvalue weighted by atomic mass is 10.1. The van der Waals surface area contributed by atoms with E-state index in [4.69, 9.17) is 4.74 Å². The molecule has 0 bridgehead atoms. The highest BCUT2D eigenvalue weighted by atomic mass is 19.1. The van der Waals surface area contributed by atoms with E-state index in [2.05, 4.69) is 4.90 Å². The molecule has 4 heteroatoms. The van der Waals surface area contributed by atoms with Gasteiger partial charge in [0.2, 0.25) is 0 Å². The largest absolute Gasteiger partial charge is 0.488 e. The summed E-state index contributed by atoms with van der Waals surface area (Å²) in [5.74, 6) is 0.605. The SMILES string of the molecule is OC[C@@H]1CCCN1CC1Cc2cc(F)ccc2O1. The first-order valence-electron chi connectivity index (χ1n) is 6.56. The van der Waals surface area contributed by atoms with E-state index in [0.29, 0.717) is 0 Å². The van der Waals surface area contributed by atoms with E-state index < -0.39 is 0 Å². The van der Waals surface area contributed by atoms with Gasteiger partial charge >= 0.3 is 0 Å². The Morgan fingerprint density at radius 1 is 1.44 bits per heavy atom. The highest BCUT2D eigenvalue weighted by Crippen LogP contribution is 2.30. The Labute approximate surface area is 106 Å². The molecule has 1 aromatic carbocycles. The summed E-state index contributed by atoms with van der Waals surface area (Å²) in [5, 5.41) is 9.29. The van der Waals surface area contributed by atoms with Crippen molar-refractivity contribution >= 4 is 0 Å². The Morgan fingerprint density at radius 2 is 2.33 bits per heavy atom. The maximum Gasteiger partial charge on any atom is 0.123 e. The van der Waals surface area contributed by atoms with Crippen LogP contribution in [0.3, 0.4) is 0 Å². The average molecular weight is 251 g/mol. The fourth-order valence-corrected chi connectivity index (χ4v) is 2.99. The zero-order valence-corrected chi connectivity index (χ0v) is 10.3. The van der Waals surface area contributed by atoms with Crippen LogP contribution in [0.25, 0.3) is 0 Å². The Hall–Kier alpha value is -1.13. The molecule has 3 nitrogen and oxygen atoms in total. The Bertz CT molecular complexity index is 438. The van der Waals surface area contributed by atoms with E-state index >= 15 is 0 Å². The van der Waals surface area contributed by atoms with Crippen LogP contribution in [0.1, 0.15) is 18.4 Å². The predicted molar refractivity (Wildman–Crippen MR) is 66.2 cm³/mol. The zero-order chi connectivity index (χ0) is 12.5. The van der Waals surface area contributed by atoms with Gasteiger partial charge in [0.05, 0.1) is 6.61 Å². The molecule has 1 N–H and O–H groups in total. The smallest absolute Gasteiger partial charge is 0.123 e. The summed E-state index contributed by atoms with van der Waals surface area (Å²) in [6.07, 6.45) is 3.06. The van der Waals surface area contributed by atoms with Crippen molar-refractivity contribution in [2.24, 2.45) is 0 Å². The van der Waals surface area contributed by atoms with Gasteiger partial charge in [-0.25, -0.2) is 4.39 Å². The first-order chi connectivity index (χ1) is 8.76. The number of hydrogen-bond acceptors (Lipinski definition) is 3. The Morgan fingerprint density at radius 3 is 3.17 bits per heavy atom. The first-order valence-corrected chi connectivity index (χ1v) is 6.56. The monoisotopic (exact) mass is 251 g/mol. The van der Waals surface area contributed by atoms with Gasteiger partial charge in [-0.3, -0.25) is 4.90 Å². The van der Waals surface area contributed by atoms with Crippen molar-refractivity contribution in [2.75, 3.05) is 19.7 Å². The average Bonchev–Trinajstić information content (AvgIpc) is 2.94. The van der Waals surface area contributed by atoms with Crippen LogP contribution in [0.4, 0.5) is 4.39 Å². The minimum atomic E-state index is -0.201. The second kappa shape index (κ2) is 4.86. The minimum absolute atomic E-state index is 0.0916. The molecular formula is C14H18FNO2. The van der Waals surface area contributed by atoms with Crippen molar-refractivity contribution in [1.29, 1.82) is 0 Å². The molecule has 1 aromatic rings. The summed E-state index contributed by atoms with van der Waals surface area (Å²) in [5.41, 5.74) is 0.958. The predicted octanol–water partition coefficient (Wildman–Crippen LogP) is 1.59. The molecule has 2 heterocycles. The van der Waals surface area contributed by atoms with E-state index in [-0.39, 0.29) is 24.6 Å². The molecule has 0 spiro atoms. The Balaban J connectivity index is 1.64. The third kappa shape index (κ3) is 2.22. The number of nitrogens with zero attached hydrogens (tertiary/aromatic N) is 1. The van der Waals surface area contributed by atoms with E-state index in [1.165, 1.54) is 6.07 Å². The van der Waals surface area contributed by atoms with Gasteiger partial charge < -0.3 is 9.84 Å². The van der Waals surface area contributed by atoms with Gasteiger partial charge in [0.1, 0.15) is 17.7 Å². The number of ether oxygens (including phenoxy) is 1. The summed E-state index contributed by atoms with van der Waals surface area (Å²) in [6, 6.07) is 4.98. The molecule has 0 aromatic heterocycles. The van der Waals surface area contributed by atoms with Crippen molar-refractivity contribution in [1.82, 2.24) is 4.90 Å². The molecule has 0 saturated carbocycles. The summed E-state index contributed by atoms with van der Waals surface area (Å²) < 4.78 is 18.9. The maximum absolute atomic E-state index is 13.1. The molecule has 0 radical (unpaired) electrons. The quantitative estimate of drug-likeness (QED) is 0.885. The number of hydrogen-bond donors (Lipinski definition) is 1. The topological polar surface area (TPSA) is 32.7 Å². The molecule has 2 aliphatic rings. The van der Waals surface area contributed by atoms with Crippen LogP contribution in [0.5, 0.6) is 5.75 Å². The van der Waals surface area contributed by atoms with Crippen molar-refractivity contribution in [3.8, 4) is 5.75 Å². The number of benzene rings is 1. The van der Waals surface area contributed by atoms with Crippen LogP contribution in [-0.4, -0.2) is 41.8 Å². The van der Waals surface area contributed by atoms with Gasteiger partial charge in [0.15, 0.2) is 0 Å². The van der Waals surface area contributed by atoms with Crippen LogP contribution in [0, 0.1) is 5.82 Å². The van der Waals surface area contributed by atoms with Crippen molar-refractivity contribution in [3.63, 3.8) is 0 Å². The molecule has 2 atom stereocenters. The molecule has 1 unspecified atom stereocenters. The van der Waals surface area contributed by atoms with Gasteiger partial charge in [-0.1, -0.05) is 0 Å². The first kappa shape index (κ1) is 11.9. The maximum atomic E-state index is 13.1. The van der Waals surface area contributed by atoms with Crippen LogP contribution in [0.2, 0.25) is 0 Å². The summed E-state index contributed by atoms with van der Waals surface area (Å²) >= 11 is 0. The molecule has 3 rings (SSSR count). The van der Waals surface area contributed by atoms with Gasteiger partial charge in [0, 0.05) is 24.6 Å². The van der Waals surface area contributed by atoms with Crippen molar-refractivity contribution < 1.29 is 14.2 Å². The summed E-state index contributed by atoms with van der Waals surface area (Å²) in [6.45, 7) is 2.06. The number of fused-ring (bicyclic) bond motifs is 1. The molecule has 98 valence electrons. The number of halogens is 1. The number of aliphatic hydroxyl groups is 1. The van der Waals surface area contributed by atoms with Crippen LogP contribution < -0.4 is 4.74 Å². The molecule has 0 amide bonds. The lowest BCUT2D eigenvalue weighted by Gasteiger charge is -2.25. The minimum Gasteiger partial charge on any atom is -0.488 e. The Kier molecular flexibility index (Phi) is 3.22. The second-order valence-corrected chi connectivity index (χ2v) is 5.17. The zero-order valence-electron chi connectivity index (χ0n) is 10.3. The van der Waals surface area contributed by atoms with Crippen molar-refractivity contribution in [2.45, 2.75) is 31.4 Å². The van der Waals surface area contributed by atoms with E-state index in [9.17, 15) is 9.50 Å². The molecule has 1 saturated heterocycles.